The molecule has 1 N–H and O–H groups in total. The summed E-state index contributed by atoms with van der Waals surface area (Å²) in [7, 11) is 0. The zero-order valence-corrected chi connectivity index (χ0v) is 22.2. The summed E-state index contributed by atoms with van der Waals surface area (Å²) in [6, 6.07) is 22.5. The molecule has 7 heteroatoms. The normalized spacial score (nSPS) is 16.2. The molecular formula is C30H30Cl2N4O. The molecular weight excluding hydrogens is 503 g/mol. The van der Waals surface area contributed by atoms with Gasteiger partial charge in [-0.15, -0.1) is 0 Å². The van der Waals surface area contributed by atoms with Crippen LogP contribution in [0.4, 0.5) is 16.2 Å². The highest BCUT2D eigenvalue weighted by Gasteiger charge is 2.29. The Morgan fingerprint density at radius 3 is 2.27 bits per heavy atom. The first-order valence-corrected chi connectivity index (χ1v) is 13.6. The Labute approximate surface area is 228 Å². The highest BCUT2D eigenvalue weighted by atomic mass is 35.5. The Bertz CT molecular complexity index is 1270. The van der Waals surface area contributed by atoms with Gasteiger partial charge in [0.15, 0.2) is 0 Å². The number of benzene rings is 3. The van der Waals surface area contributed by atoms with E-state index in [9.17, 15) is 10.1 Å². The molecule has 3 aromatic rings. The van der Waals surface area contributed by atoms with Crippen molar-refractivity contribution in [3.8, 4) is 17.2 Å². The van der Waals surface area contributed by atoms with E-state index in [0.29, 0.717) is 33.8 Å². The van der Waals surface area contributed by atoms with E-state index in [2.05, 4.69) is 16.3 Å². The van der Waals surface area contributed by atoms with E-state index in [1.54, 1.807) is 24.3 Å². The maximum Gasteiger partial charge on any atom is 0.326 e. The first-order chi connectivity index (χ1) is 18.0. The van der Waals surface area contributed by atoms with Crippen molar-refractivity contribution in [2.75, 3.05) is 36.4 Å². The Morgan fingerprint density at radius 2 is 1.62 bits per heavy atom. The van der Waals surface area contributed by atoms with Gasteiger partial charge in [0.1, 0.15) is 0 Å². The van der Waals surface area contributed by atoms with E-state index >= 15 is 0 Å². The molecule has 1 aliphatic heterocycles. The van der Waals surface area contributed by atoms with Gasteiger partial charge in [-0.1, -0.05) is 47.5 Å². The number of amides is 2. The Kier molecular flexibility index (Phi) is 8.00. The van der Waals surface area contributed by atoms with Crippen LogP contribution in [0.5, 0.6) is 0 Å². The second-order valence-electron chi connectivity index (χ2n) is 10.1. The van der Waals surface area contributed by atoms with Gasteiger partial charge < -0.3 is 10.2 Å². The summed E-state index contributed by atoms with van der Waals surface area (Å²) in [5.74, 6) is 1.33. The van der Waals surface area contributed by atoms with Crippen LogP contribution in [0.1, 0.15) is 31.2 Å². The molecule has 2 aliphatic rings. The highest BCUT2D eigenvalue weighted by molar-refractivity contribution is 6.35. The largest absolute Gasteiger partial charge is 0.326 e. The summed E-state index contributed by atoms with van der Waals surface area (Å²) in [6.45, 7) is 4.05. The number of urea groups is 1. The van der Waals surface area contributed by atoms with Gasteiger partial charge in [0.25, 0.3) is 0 Å². The molecule has 2 amide bonds. The zero-order chi connectivity index (χ0) is 25.8. The minimum atomic E-state index is -0.210. The predicted molar refractivity (Wildman–Crippen MR) is 151 cm³/mol. The number of rotatable bonds is 7. The fourth-order valence-electron chi connectivity index (χ4n) is 5.00. The van der Waals surface area contributed by atoms with Gasteiger partial charge in [0, 0.05) is 34.5 Å². The van der Waals surface area contributed by atoms with Crippen molar-refractivity contribution in [2.45, 2.75) is 25.7 Å². The second-order valence-corrected chi connectivity index (χ2v) is 11.0. The van der Waals surface area contributed by atoms with Crippen LogP contribution in [0, 0.1) is 23.2 Å². The Balaban J connectivity index is 1.34. The molecule has 0 atom stereocenters. The van der Waals surface area contributed by atoms with Gasteiger partial charge in [-0.3, -0.25) is 4.90 Å². The number of anilines is 2. The molecule has 37 heavy (non-hydrogen) atoms. The number of carbonyl (C=O) groups is 1. The molecule has 0 unspecified atom stereocenters. The van der Waals surface area contributed by atoms with Crippen molar-refractivity contribution < 1.29 is 4.79 Å². The fraction of sp³-hybridized carbons (Fsp3) is 0.333. The van der Waals surface area contributed by atoms with Crippen LogP contribution in [0.2, 0.25) is 10.0 Å². The molecule has 3 aromatic carbocycles. The van der Waals surface area contributed by atoms with E-state index in [-0.39, 0.29) is 6.03 Å². The lowest BCUT2D eigenvalue weighted by atomic mass is 9.95. The summed E-state index contributed by atoms with van der Waals surface area (Å²) in [6.07, 6.45) is 4.91. The number of piperidine rings is 1. The van der Waals surface area contributed by atoms with Crippen LogP contribution in [0.25, 0.3) is 11.1 Å². The molecule has 0 bridgehead atoms. The average Bonchev–Trinajstić information content (AvgIpc) is 3.72. The van der Waals surface area contributed by atoms with E-state index in [4.69, 9.17) is 23.2 Å². The smallest absolute Gasteiger partial charge is 0.307 e. The van der Waals surface area contributed by atoms with E-state index in [1.165, 1.54) is 19.4 Å². The Morgan fingerprint density at radius 1 is 0.919 bits per heavy atom. The Hall–Kier alpha value is -3.04. The number of nitrogens with zero attached hydrogens (tertiary/aromatic N) is 3. The first kappa shape index (κ1) is 25.6. The van der Waals surface area contributed by atoms with Crippen molar-refractivity contribution in [2.24, 2.45) is 11.8 Å². The maximum atomic E-state index is 13.5. The van der Waals surface area contributed by atoms with Crippen LogP contribution >= 0.6 is 23.2 Å². The summed E-state index contributed by atoms with van der Waals surface area (Å²) < 4.78 is 0. The average molecular weight is 534 g/mol. The number of hydrogen-bond donors (Lipinski definition) is 1. The number of nitriles is 1. The van der Waals surface area contributed by atoms with E-state index in [1.807, 2.05) is 47.4 Å². The number of hydrogen-bond acceptors (Lipinski definition) is 3. The van der Waals surface area contributed by atoms with Crippen LogP contribution in [0.15, 0.2) is 66.7 Å². The van der Waals surface area contributed by atoms with Crippen molar-refractivity contribution in [1.29, 1.82) is 5.26 Å². The number of likely N-dealkylation sites (tertiary alicyclic amines) is 1. The van der Waals surface area contributed by atoms with Gasteiger partial charge >= 0.3 is 6.03 Å². The quantitative estimate of drug-likeness (QED) is 0.339. The second kappa shape index (κ2) is 11.6. The van der Waals surface area contributed by atoms with Crippen molar-refractivity contribution >= 4 is 40.6 Å². The molecule has 0 aromatic heterocycles. The molecule has 0 spiro atoms. The predicted octanol–water partition coefficient (Wildman–Crippen LogP) is 7.69. The SMILES string of the molecule is N#Cc1cccc(-c2ccc(N(CC3CCN(CC4CC4)CC3)C(=O)Nc3cc(Cl)cc(Cl)c3)cc2)c1. The molecule has 1 saturated heterocycles. The minimum absolute atomic E-state index is 0.210. The third kappa shape index (κ3) is 6.84. The lowest BCUT2D eigenvalue weighted by Crippen LogP contribution is -2.43. The molecule has 190 valence electrons. The van der Waals surface area contributed by atoms with Gasteiger partial charge in [0.05, 0.1) is 11.6 Å². The highest BCUT2D eigenvalue weighted by Crippen LogP contribution is 2.32. The summed E-state index contributed by atoms with van der Waals surface area (Å²) >= 11 is 12.3. The number of carbonyl (C=O) groups excluding carboxylic acids is 1. The lowest BCUT2D eigenvalue weighted by Gasteiger charge is -2.35. The third-order valence-corrected chi connectivity index (χ3v) is 7.66. The first-order valence-electron chi connectivity index (χ1n) is 12.8. The summed E-state index contributed by atoms with van der Waals surface area (Å²) in [5.41, 5.74) is 3.98. The van der Waals surface area contributed by atoms with Crippen LogP contribution < -0.4 is 10.2 Å². The minimum Gasteiger partial charge on any atom is -0.307 e. The maximum absolute atomic E-state index is 13.5. The zero-order valence-electron chi connectivity index (χ0n) is 20.7. The van der Waals surface area contributed by atoms with Crippen molar-refractivity contribution in [3.05, 3.63) is 82.3 Å². The standard InChI is InChI=1S/C30H30Cl2N4O/c31-26-15-27(32)17-28(16-26)34-30(37)36(20-22-10-12-35(13-11-22)19-21-4-5-21)29-8-6-24(7-9-29)25-3-1-2-23(14-25)18-33/h1-3,6-9,14-17,21-22H,4-5,10-13,19-20H2,(H,34,37). The molecule has 0 radical (unpaired) electrons. The van der Waals surface area contributed by atoms with Crippen LogP contribution in [-0.4, -0.2) is 37.1 Å². The summed E-state index contributed by atoms with van der Waals surface area (Å²) in [4.78, 5) is 18.0. The van der Waals surface area contributed by atoms with Crippen molar-refractivity contribution in [1.82, 2.24) is 4.90 Å². The molecule has 1 aliphatic carbocycles. The van der Waals surface area contributed by atoms with Gasteiger partial charge in [-0.05, 0) is 104 Å². The monoisotopic (exact) mass is 532 g/mol. The van der Waals surface area contributed by atoms with Crippen LogP contribution in [0.3, 0.4) is 0 Å². The van der Waals surface area contributed by atoms with E-state index in [0.717, 1.165) is 48.7 Å². The molecule has 2 fully saturated rings. The number of nitrogens with one attached hydrogen (secondary N) is 1. The molecule has 5 nitrogen and oxygen atoms in total. The van der Waals surface area contributed by atoms with Gasteiger partial charge in [-0.25, -0.2) is 4.79 Å². The van der Waals surface area contributed by atoms with Crippen molar-refractivity contribution in [3.63, 3.8) is 0 Å². The fourth-order valence-corrected chi connectivity index (χ4v) is 5.53. The van der Waals surface area contributed by atoms with E-state index < -0.39 is 0 Å². The number of halogens is 2. The molecule has 1 saturated carbocycles. The van der Waals surface area contributed by atoms with Gasteiger partial charge in [0.2, 0.25) is 0 Å². The summed E-state index contributed by atoms with van der Waals surface area (Å²) in [5, 5.41) is 13.2. The lowest BCUT2D eigenvalue weighted by molar-refractivity contribution is 0.180. The van der Waals surface area contributed by atoms with Gasteiger partial charge in [-0.2, -0.15) is 5.26 Å². The molecule has 1 heterocycles. The molecule has 5 rings (SSSR count). The van der Waals surface area contributed by atoms with Crippen LogP contribution in [-0.2, 0) is 0 Å². The third-order valence-electron chi connectivity index (χ3n) is 7.22. The topological polar surface area (TPSA) is 59.4 Å².